The molecule has 3 aromatic rings. The topological polar surface area (TPSA) is 88.9 Å². The number of halogens is 1. The van der Waals surface area contributed by atoms with Crippen molar-refractivity contribution in [2.24, 2.45) is 0 Å². The molecule has 1 aromatic heterocycles. The minimum absolute atomic E-state index is 0.0983. The SMILES string of the molecule is CCC(=O)Nc1cccc(NC(=O)c2nnn(-c3cccc(Cl)c3)c2C)c1. The second-order valence-electron chi connectivity index (χ2n) is 5.85. The molecule has 0 bridgehead atoms. The van der Waals surface area contributed by atoms with E-state index in [2.05, 4.69) is 20.9 Å². The van der Waals surface area contributed by atoms with Gasteiger partial charge >= 0.3 is 0 Å². The molecule has 0 aliphatic heterocycles. The van der Waals surface area contributed by atoms with Crippen LogP contribution in [0.15, 0.2) is 48.5 Å². The van der Waals surface area contributed by atoms with E-state index < -0.39 is 0 Å². The number of hydrogen-bond donors (Lipinski definition) is 2. The van der Waals surface area contributed by atoms with Crippen LogP contribution in [0.3, 0.4) is 0 Å². The number of nitrogens with zero attached hydrogens (tertiary/aromatic N) is 3. The summed E-state index contributed by atoms with van der Waals surface area (Å²) in [5.41, 5.74) is 2.67. The van der Waals surface area contributed by atoms with Crippen LogP contribution >= 0.6 is 11.6 Å². The zero-order valence-corrected chi connectivity index (χ0v) is 15.6. The van der Waals surface area contributed by atoms with Crippen LogP contribution in [-0.4, -0.2) is 26.8 Å². The van der Waals surface area contributed by atoms with Crippen molar-refractivity contribution in [3.63, 3.8) is 0 Å². The maximum Gasteiger partial charge on any atom is 0.278 e. The number of rotatable bonds is 5. The third-order valence-electron chi connectivity index (χ3n) is 3.89. The van der Waals surface area contributed by atoms with Gasteiger partial charge < -0.3 is 10.6 Å². The molecule has 0 radical (unpaired) electrons. The highest BCUT2D eigenvalue weighted by Gasteiger charge is 2.18. The first-order valence-corrected chi connectivity index (χ1v) is 8.75. The Morgan fingerprint density at radius 2 is 1.78 bits per heavy atom. The molecule has 138 valence electrons. The molecule has 3 rings (SSSR count). The number of hydrogen-bond acceptors (Lipinski definition) is 4. The molecule has 1 heterocycles. The average Bonchev–Trinajstić information content (AvgIpc) is 3.03. The predicted molar refractivity (Wildman–Crippen MR) is 104 cm³/mol. The van der Waals surface area contributed by atoms with E-state index in [1.807, 2.05) is 6.07 Å². The number of anilines is 2. The Balaban J connectivity index is 1.79. The number of carbonyl (C=O) groups is 2. The first-order valence-electron chi connectivity index (χ1n) is 8.37. The summed E-state index contributed by atoms with van der Waals surface area (Å²) in [6, 6.07) is 14.0. The zero-order chi connectivity index (χ0) is 19.4. The van der Waals surface area contributed by atoms with Gasteiger partial charge in [0.05, 0.1) is 11.4 Å². The largest absolute Gasteiger partial charge is 0.326 e. The molecule has 0 aliphatic rings. The lowest BCUT2D eigenvalue weighted by Crippen LogP contribution is -2.15. The molecule has 2 N–H and O–H groups in total. The zero-order valence-electron chi connectivity index (χ0n) is 14.9. The summed E-state index contributed by atoms with van der Waals surface area (Å²) < 4.78 is 1.55. The van der Waals surface area contributed by atoms with E-state index in [1.165, 1.54) is 0 Å². The summed E-state index contributed by atoms with van der Waals surface area (Å²) in [6.07, 6.45) is 0.377. The molecule has 0 saturated heterocycles. The lowest BCUT2D eigenvalue weighted by atomic mass is 10.2. The Bertz CT molecular complexity index is 999. The molecule has 0 saturated carbocycles. The Hall–Kier alpha value is -3.19. The quantitative estimate of drug-likeness (QED) is 0.700. The molecule has 27 heavy (non-hydrogen) atoms. The smallest absolute Gasteiger partial charge is 0.278 e. The highest BCUT2D eigenvalue weighted by atomic mass is 35.5. The van der Waals surface area contributed by atoms with Crippen molar-refractivity contribution in [1.29, 1.82) is 0 Å². The van der Waals surface area contributed by atoms with Crippen LogP contribution in [0.1, 0.15) is 29.5 Å². The van der Waals surface area contributed by atoms with Gasteiger partial charge in [0.2, 0.25) is 5.91 Å². The third-order valence-corrected chi connectivity index (χ3v) is 4.12. The summed E-state index contributed by atoms with van der Waals surface area (Å²) in [6.45, 7) is 3.53. The van der Waals surface area contributed by atoms with Gasteiger partial charge in [-0.1, -0.05) is 35.9 Å². The van der Waals surface area contributed by atoms with Gasteiger partial charge in [0.15, 0.2) is 5.69 Å². The fraction of sp³-hybridized carbons (Fsp3) is 0.158. The molecular weight excluding hydrogens is 366 g/mol. The van der Waals surface area contributed by atoms with Gasteiger partial charge in [0.25, 0.3) is 5.91 Å². The molecular formula is C19H18ClN5O2. The van der Waals surface area contributed by atoms with Crippen molar-refractivity contribution in [3.8, 4) is 5.69 Å². The normalized spacial score (nSPS) is 10.5. The summed E-state index contributed by atoms with van der Waals surface area (Å²) in [7, 11) is 0. The Kier molecular flexibility index (Phi) is 5.52. The first kappa shape index (κ1) is 18.6. The monoisotopic (exact) mass is 383 g/mol. The first-order chi connectivity index (χ1) is 13.0. The van der Waals surface area contributed by atoms with Crippen LogP contribution < -0.4 is 10.6 Å². The van der Waals surface area contributed by atoms with Crippen molar-refractivity contribution < 1.29 is 9.59 Å². The van der Waals surface area contributed by atoms with Crippen LogP contribution in [0.4, 0.5) is 11.4 Å². The fourth-order valence-electron chi connectivity index (χ4n) is 2.51. The van der Waals surface area contributed by atoms with E-state index in [-0.39, 0.29) is 17.5 Å². The Labute approximate surface area is 161 Å². The van der Waals surface area contributed by atoms with Crippen LogP contribution in [0.5, 0.6) is 0 Å². The Morgan fingerprint density at radius 1 is 1.07 bits per heavy atom. The van der Waals surface area contributed by atoms with Gasteiger partial charge in [0, 0.05) is 22.8 Å². The molecule has 0 aliphatic carbocycles. The highest BCUT2D eigenvalue weighted by Crippen LogP contribution is 2.19. The molecule has 2 aromatic carbocycles. The van der Waals surface area contributed by atoms with E-state index in [1.54, 1.807) is 61.0 Å². The molecule has 7 nitrogen and oxygen atoms in total. The van der Waals surface area contributed by atoms with Crippen molar-refractivity contribution in [2.45, 2.75) is 20.3 Å². The second kappa shape index (κ2) is 8.01. The van der Waals surface area contributed by atoms with Crippen molar-refractivity contribution >= 4 is 34.8 Å². The summed E-state index contributed by atoms with van der Waals surface area (Å²) >= 11 is 6.01. The molecule has 0 fully saturated rings. The van der Waals surface area contributed by atoms with E-state index in [4.69, 9.17) is 11.6 Å². The van der Waals surface area contributed by atoms with Crippen molar-refractivity contribution in [1.82, 2.24) is 15.0 Å². The summed E-state index contributed by atoms with van der Waals surface area (Å²) in [4.78, 5) is 24.1. The lowest BCUT2D eigenvalue weighted by Gasteiger charge is -2.08. The van der Waals surface area contributed by atoms with E-state index in [0.717, 1.165) is 5.69 Å². The minimum Gasteiger partial charge on any atom is -0.326 e. The van der Waals surface area contributed by atoms with Gasteiger partial charge in [-0.05, 0) is 43.3 Å². The van der Waals surface area contributed by atoms with Crippen molar-refractivity contribution in [3.05, 3.63) is 64.9 Å². The second-order valence-corrected chi connectivity index (χ2v) is 6.29. The Morgan fingerprint density at radius 3 is 2.48 bits per heavy atom. The molecule has 0 atom stereocenters. The van der Waals surface area contributed by atoms with Crippen molar-refractivity contribution in [2.75, 3.05) is 10.6 Å². The van der Waals surface area contributed by atoms with Gasteiger partial charge in [-0.2, -0.15) is 0 Å². The minimum atomic E-state index is -0.389. The van der Waals surface area contributed by atoms with Gasteiger partial charge in [-0.25, -0.2) is 4.68 Å². The van der Waals surface area contributed by atoms with E-state index in [9.17, 15) is 9.59 Å². The molecule has 8 heteroatoms. The number of carbonyl (C=O) groups excluding carboxylic acids is 2. The predicted octanol–water partition coefficient (Wildman–Crippen LogP) is 3.83. The fourth-order valence-corrected chi connectivity index (χ4v) is 2.69. The number of aromatic nitrogens is 3. The van der Waals surface area contributed by atoms with Crippen LogP contribution in [0, 0.1) is 6.92 Å². The average molecular weight is 384 g/mol. The van der Waals surface area contributed by atoms with Crippen LogP contribution in [0.2, 0.25) is 5.02 Å². The van der Waals surface area contributed by atoms with Gasteiger partial charge in [0.1, 0.15) is 0 Å². The summed E-state index contributed by atoms with van der Waals surface area (Å²) in [5, 5.41) is 14.1. The number of nitrogens with one attached hydrogen (secondary N) is 2. The van der Waals surface area contributed by atoms with Gasteiger partial charge in [-0.15, -0.1) is 5.10 Å². The lowest BCUT2D eigenvalue weighted by molar-refractivity contribution is -0.115. The van der Waals surface area contributed by atoms with Gasteiger partial charge in [-0.3, -0.25) is 9.59 Å². The third kappa shape index (κ3) is 4.32. The standard InChI is InChI=1S/C19H18ClN5O2/c1-3-17(26)21-14-7-5-8-15(11-14)22-19(27)18-12(2)25(24-23-18)16-9-4-6-13(20)10-16/h4-11H,3H2,1-2H3,(H,21,26)(H,22,27). The van der Waals surface area contributed by atoms with Crippen LogP contribution in [0.25, 0.3) is 5.69 Å². The van der Waals surface area contributed by atoms with E-state index in [0.29, 0.717) is 28.5 Å². The molecule has 2 amide bonds. The molecule has 0 spiro atoms. The van der Waals surface area contributed by atoms with Crippen LogP contribution in [-0.2, 0) is 4.79 Å². The molecule has 0 unspecified atom stereocenters. The summed E-state index contributed by atoms with van der Waals surface area (Å²) in [5.74, 6) is -0.487. The maximum absolute atomic E-state index is 12.6. The van der Waals surface area contributed by atoms with E-state index >= 15 is 0 Å². The number of amides is 2. The maximum atomic E-state index is 12.6. The highest BCUT2D eigenvalue weighted by molar-refractivity contribution is 6.30. The number of benzene rings is 2.